The summed E-state index contributed by atoms with van der Waals surface area (Å²) < 4.78 is 0. The molecule has 0 aliphatic heterocycles. The molecule has 0 aliphatic carbocycles. The maximum absolute atomic E-state index is 5.91. The van der Waals surface area contributed by atoms with E-state index >= 15 is 0 Å². The predicted octanol–water partition coefficient (Wildman–Crippen LogP) is 2.28. The van der Waals surface area contributed by atoms with Crippen LogP contribution in [-0.4, -0.2) is 11.5 Å². The summed E-state index contributed by atoms with van der Waals surface area (Å²) in [5.74, 6) is 1.15. The van der Waals surface area contributed by atoms with Crippen molar-refractivity contribution in [3.05, 3.63) is 23.4 Å². The summed E-state index contributed by atoms with van der Waals surface area (Å²) in [6.07, 6.45) is 1.81. The third kappa shape index (κ3) is 2.93. The number of hydrogen-bond acceptors (Lipinski definition) is 3. The standard InChI is InChI=1S/C12H21N3/c1-5-14-11(8(2)3)10-6-9(4)7-15-12(10)13/h6-8,11,14H,5H2,1-4H3,(H2,13,15). The summed E-state index contributed by atoms with van der Waals surface area (Å²) in [6.45, 7) is 9.47. The van der Waals surface area contributed by atoms with Crippen molar-refractivity contribution in [2.24, 2.45) is 5.92 Å². The maximum atomic E-state index is 5.91. The van der Waals surface area contributed by atoms with Crippen LogP contribution in [0.25, 0.3) is 0 Å². The number of nitrogens with one attached hydrogen (secondary N) is 1. The molecule has 0 fully saturated rings. The molecule has 3 heteroatoms. The van der Waals surface area contributed by atoms with Crippen LogP contribution < -0.4 is 11.1 Å². The Labute approximate surface area is 92.1 Å². The molecule has 3 N–H and O–H groups in total. The van der Waals surface area contributed by atoms with Crippen molar-refractivity contribution >= 4 is 5.82 Å². The van der Waals surface area contributed by atoms with Crippen molar-refractivity contribution in [3.63, 3.8) is 0 Å². The number of nitrogen functional groups attached to an aromatic ring is 1. The molecule has 1 unspecified atom stereocenters. The van der Waals surface area contributed by atoms with Gasteiger partial charge in [0.05, 0.1) is 0 Å². The Morgan fingerprint density at radius 2 is 2.13 bits per heavy atom. The summed E-state index contributed by atoms with van der Waals surface area (Å²) in [5, 5.41) is 3.45. The molecule has 0 aromatic carbocycles. The van der Waals surface area contributed by atoms with Gasteiger partial charge in [0.25, 0.3) is 0 Å². The Balaban J connectivity index is 3.04. The van der Waals surface area contributed by atoms with Crippen molar-refractivity contribution < 1.29 is 0 Å². The molecular weight excluding hydrogens is 186 g/mol. The lowest BCUT2D eigenvalue weighted by molar-refractivity contribution is 0.422. The molecule has 0 bridgehead atoms. The van der Waals surface area contributed by atoms with Crippen LogP contribution in [0, 0.1) is 12.8 Å². The van der Waals surface area contributed by atoms with E-state index in [-0.39, 0.29) is 0 Å². The van der Waals surface area contributed by atoms with Gasteiger partial charge in [-0.2, -0.15) is 0 Å². The molecule has 3 nitrogen and oxygen atoms in total. The average Bonchev–Trinajstić information content (AvgIpc) is 2.18. The van der Waals surface area contributed by atoms with Crippen molar-refractivity contribution in [2.75, 3.05) is 12.3 Å². The highest BCUT2D eigenvalue weighted by Gasteiger charge is 2.17. The van der Waals surface area contributed by atoms with Crippen LogP contribution in [0.5, 0.6) is 0 Å². The summed E-state index contributed by atoms with van der Waals surface area (Å²) in [6, 6.07) is 2.41. The third-order valence-electron chi connectivity index (χ3n) is 2.51. The van der Waals surface area contributed by atoms with E-state index in [0.29, 0.717) is 17.8 Å². The fourth-order valence-electron chi connectivity index (χ4n) is 1.78. The van der Waals surface area contributed by atoms with Crippen LogP contribution in [0.2, 0.25) is 0 Å². The monoisotopic (exact) mass is 207 g/mol. The number of aromatic nitrogens is 1. The first kappa shape index (κ1) is 12.0. The predicted molar refractivity (Wildman–Crippen MR) is 64.6 cm³/mol. The first-order valence-electron chi connectivity index (χ1n) is 5.51. The third-order valence-corrected chi connectivity index (χ3v) is 2.51. The molecule has 0 spiro atoms. The zero-order valence-corrected chi connectivity index (χ0v) is 10.0. The van der Waals surface area contributed by atoms with Gasteiger partial charge < -0.3 is 11.1 Å². The van der Waals surface area contributed by atoms with Crippen LogP contribution in [0.15, 0.2) is 12.3 Å². The number of nitrogens with two attached hydrogens (primary N) is 1. The van der Waals surface area contributed by atoms with Crippen molar-refractivity contribution in [2.45, 2.75) is 33.7 Å². The van der Waals surface area contributed by atoms with Crippen LogP contribution in [0.4, 0.5) is 5.82 Å². The van der Waals surface area contributed by atoms with Gasteiger partial charge in [0.15, 0.2) is 0 Å². The van der Waals surface area contributed by atoms with E-state index in [4.69, 9.17) is 5.73 Å². The number of nitrogens with zero attached hydrogens (tertiary/aromatic N) is 1. The lowest BCUT2D eigenvalue weighted by Crippen LogP contribution is -2.26. The Kier molecular flexibility index (Phi) is 4.09. The van der Waals surface area contributed by atoms with Gasteiger partial charge in [0.1, 0.15) is 5.82 Å². The second-order valence-electron chi connectivity index (χ2n) is 4.27. The quantitative estimate of drug-likeness (QED) is 0.796. The molecule has 0 saturated carbocycles. The van der Waals surface area contributed by atoms with Gasteiger partial charge in [0, 0.05) is 17.8 Å². The number of anilines is 1. The molecule has 0 amide bonds. The molecular formula is C12H21N3. The van der Waals surface area contributed by atoms with Crippen LogP contribution in [-0.2, 0) is 0 Å². The molecule has 1 aromatic heterocycles. The van der Waals surface area contributed by atoms with Gasteiger partial charge in [-0.05, 0) is 31.0 Å². The number of pyridine rings is 1. The smallest absolute Gasteiger partial charge is 0.128 e. The van der Waals surface area contributed by atoms with Crippen LogP contribution in [0.1, 0.15) is 37.9 Å². The molecule has 0 radical (unpaired) electrons. The molecule has 1 aromatic rings. The van der Waals surface area contributed by atoms with Crippen molar-refractivity contribution in [1.82, 2.24) is 10.3 Å². The highest BCUT2D eigenvalue weighted by molar-refractivity contribution is 5.43. The number of aryl methyl sites for hydroxylation is 1. The average molecular weight is 207 g/mol. The van der Waals surface area contributed by atoms with E-state index in [2.05, 4.69) is 37.1 Å². The van der Waals surface area contributed by atoms with Crippen LogP contribution >= 0.6 is 0 Å². The first-order chi connectivity index (χ1) is 7.06. The molecule has 1 rings (SSSR count). The minimum atomic E-state index is 0.294. The van der Waals surface area contributed by atoms with E-state index in [9.17, 15) is 0 Å². The van der Waals surface area contributed by atoms with E-state index in [1.165, 1.54) is 0 Å². The Morgan fingerprint density at radius 1 is 1.47 bits per heavy atom. The van der Waals surface area contributed by atoms with Crippen molar-refractivity contribution in [1.29, 1.82) is 0 Å². The number of rotatable bonds is 4. The molecule has 1 atom stereocenters. The van der Waals surface area contributed by atoms with Gasteiger partial charge in [-0.3, -0.25) is 0 Å². The topological polar surface area (TPSA) is 50.9 Å². The first-order valence-corrected chi connectivity index (χ1v) is 5.51. The summed E-state index contributed by atoms with van der Waals surface area (Å²) in [4.78, 5) is 4.20. The van der Waals surface area contributed by atoms with E-state index in [1.54, 1.807) is 0 Å². The lowest BCUT2D eigenvalue weighted by atomic mass is 9.95. The van der Waals surface area contributed by atoms with Gasteiger partial charge in [-0.25, -0.2) is 4.98 Å². The summed E-state index contributed by atoms with van der Waals surface area (Å²) in [7, 11) is 0. The molecule has 1 heterocycles. The lowest BCUT2D eigenvalue weighted by Gasteiger charge is -2.23. The fraction of sp³-hybridized carbons (Fsp3) is 0.583. The SMILES string of the molecule is CCNC(c1cc(C)cnc1N)C(C)C. The molecule has 0 aliphatic rings. The Hall–Kier alpha value is -1.09. The molecule has 15 heavy (non-hydrogen) atoms. The van der Waals surface area contributed by atoms with E-state index in [1.807, 2.05) is 13.1 Å². The van der Waals surface area contributed by atoms with Gasteiger partial charge in [-0.1, -0.05) is 20.8 Å². The minimum Gasteiger partial charge on any atom is -0.383 e. The fourth-order valence-corrected chi connectivity index (χ4v) is 1.78. The highest BCUT2D eigenvalue weighted by Crippen LogP contribution is 2.25. The van der Waals surface area contributed by atoms with Crippen LogP contribution in [0.3, 0.4) is 0 Å². The molecule has 84 valence electrons. The number of hydrogen-bond donors (Lipinski definition) is 2. The maximum Gasteiger partial charge on any atom is 0.128 e. The minimum absolute atomic E-state index is 0.294. The summed E-state index contributed by atoms with van der Waals surface area (Å²) >= 11 is 0. The van der Waals surface area contributed by atoms with E-state index < -0.39 is 0 Å². The second-order valence-corrected chi connectivity index (χ2v) is 4.27. The second kappa shape index (κ2) is 5.12. The van der Waals surface area contributed by atoms with Gasteiger partial charge in [-0.15, -0.1) is 0 Å². The zero-order chi connectivity index (χ0) is 11.4. The molecule has 0 saturated heterocycles. The normalized spacial score (nSPS) is 13.1. The Morgan fingerprint density at radius 3 is 2.67 bits per heavy atom. The summed E-state index contributed by atoms with van der Waals surface area (Å²) in [5.41, 5.74) is 8.18. The van der Waals surface area contributed by atoms with E-state index in [0.717, 1.165) is 17.7 Å². The van der Waals surface area contributed by atoms with Crippen molar-refractivity contribution in [3.8, 4) is 0 Å². The largest absolute Gasteiger partial charge is 0.383 e. The van der Waals surface area contributed by atoms with Gasteiger partial charge in [0.2, 0.25) is 0 Å². The highest BCUT2D eigenvalue weighted by atomic mass is 14.9. The zero-order valence-electron chi connectivity index (χ0n) is 10.0. The Bertz CT molecular complexity index is 321. The van der Waals surface area contributed by atoms with Gasteiger partial charge >= 0.3 is 0 Å².